The second-order valence-corrected chi connectivity index (χ2v) is 6.83. The highest BCUT2D eigenvalue weighted by Gasteiger charge is 2.21. The number of carbonyl (C=O) groups is 1. The van der Waals surface area contributed by atoms with Crippen LogP contribution in [0.25, 0.3) is 0 Å². The van der Waals surface area contributed by atoms with E-state index in [1.165, 1.54) is 5.56 Å². The lowest BCUT2D eigenvalue weighted by molar-refractivity contribution is 0.0760. The number of furan rings is 1. The Kier molecular flexibility index (Phi) is 5.99. The molecule has 0 radical (unpaired) electrons. The Morgan fingerprint density at radius 1 is 1.15 bits per heavy atom. The quantitative estimate of drug-likeness (QED) is 0.820. The van der Waals surface area contributed by atoms with Crippen LogP contribution < -0.4 is 4.74 Å². The molecule has 2 aromatic rings. The minimum absolute atomic E-state index is 0.0816. The number of benzene rings is 1. The molecule has 0 atom stereocenters. The summed E-state index contributed by atoms with van der Waals surface area (Å²) in [4.78, 5) is 17.2. The van der Waals surface area contributed by atoms with Crippen molar-refractivity contribution < 1.29 is 13.9 Å². The molecule has 26 heavy (non-hydrogen) atoms. The van der Waals surface area contributed by atoms with Gasteiger partial charge in [-0.15, -0.1) is 0 Å². The van der Waals surface area contributed by atoms with Gasteiger partial charge in [0.05, 0.1) is 13.2 Å². The van der Waals surface area contributed by atoms with Gasteiger partial charge in [-0.3, -0.25) is 9.69 Å². The van der Waals surface area contributed by atoms with Crippen LogP contribution in [0.4, 0.5) is 0 Å². The van der Waals surface area contributed by atoms with Gasteiger partial charge in [-0.25, -0.2) is 0 Å². The maximum Gasteiger partial charge on any atom is 0.254 e. The van der Waals surface area contributed by atoms with E-state index in [-0.39, 0.29) is 5.91 Å². The van der Waals surface area contributed by atoms with Gasteiger partial charge in [0, 0.05) is 31.7 Å². The molecule has 0 aliphatic carbocycles. The van der Waals surface area contributed by atoms with E-state index in [1.54, 1.807) is 0 Å². The molecule has 1 aromatic carbocycles. The highest BCUT2D eigenvalue weighted by Crippen LogP contribution is 2.18. The number of nitrogens with zero attached hydrogens (tertiary/aromatic N) is 2. The van der Waals surface area contributed by atoms with Crippen molar-refractivity contribution >= 4 is 5.91 Å². The van der Waals surface area contributed by atoms with Gasteiger partial charge in [-0.1, -0.05) is 6.07 Å². The van der Waals surface area contributed by atoms with Crippen LogP contribution in [-0.2, 0) is 6.54 Å². The average molecular weight is 356 g/mol. The Bertz CT molecular complexity index is 734. The van der Waals surface area contributed by atoms with Crippen molar-refractivity contribution in [1.82, 2.24) is 9.80 Å². The zero-order valence-corrected chi connectivity index (χ0v) is 16.0. The van der Waals surface area contributed by atoms with Crippen LogP contribution in [0.15, 0.2) is 34.7 Å². The van der Waals surface area contributed by atoms with Gasteiger partial charge < -0.3 is 14.1 Å². The highest BCUT2D eigenvalue weighted by atomic mass is 16.5. The summed E-state index contributed by atoms with van der Waals surface area (Å²) >= 11 is 0. The zero-order valence-electron chi connectivity index (χ0n) is 16.0. The predicted octanol–water partition coefficient (Wildman–Crippen LogP) is 3.64. The van der Waals surface area contributed by atoms with E-state index in [1.807, 2.05) is 43.0 Å². The lowest BCUT2D eigenvalue weighted by atomic mass is 10.2. The van der Waals surface area contributed by atoms with Gasteiger partial charge in [0.2, 0.25) is 0 Å². The largest absolute Gasteiger partial charge is 0.494 e. The lowest BCUT2D eigenvalue weighted by Crippen LogP contribution is -2.35. The molecule has 5 nitrogen and oxygen atoms in total. The summed E-state index contributed by atoms with van der Waals surface area (Å²) in [7, 11) is 0. The standard InChI is InChI=1S/C21H28N2O3/c1-4-25-19-8-5-7-18(14-19)21(24)23-10-6-9-22(11-12-23)15-20-13-16(2)17(3)26-20/h5,7-8,13-14H,4,6,9-12,15H2,1-3H3. The monoisotopic (exact) mass is 356 g/mol. The van der Waals surface area contributed by atoms with Gasteiger partial charge in [0.15, 0.2) is 0 Å². The molecule has 1 amide bonds. The van der Waals surface area contributed by atoms with Crippen LogP contribution in [0.3, 0.4) is 0 Å². The average Bonchev–Trinajstić information content (AvgIpc) is 2.82. The minimum Gasteiger partial charge on any atom is -0.494 e. The third-order valence-electron chi connectivity index (χ3n) is 4.86. The molecule has 0 spiro atoms. The van der Waals surface area contributed by atoms with Crippen molar-refractivity contribution in [2.75, 3.05) is 32.8 Å². The number of ether oxygens (including phenoxy) is 1. The molecule has 3 rings (SSSR count). The topological polar surface area (TPSA) is 45.9 Å². The predicted molar refractivity (Wildman–Crippen MR) is 102 cm³/mol. The van der Waals surface area contributed by atoms with E-state index in [0.29, 0.717) is 12.2 Å². The molecular formula is C21H28N2O3. The Morgan fingerprint density at radius 2 is 2.00 bits per heavy atom. The van der Waals surface area contributed by atoms with E-state index in [4.69, 9.17) is 9.15 Å². The summed E-state index contributed by atoms with van der Waals surface area (Å²) in [5.74, 6) is 2.82. The molecule has 1 aliphatic heterocycles. The number of carbonyl (C=O) groups excluding carboxylic acids is 1. The van der Waals surface area contributed by atoms with Crippen molar-refractivity contribution in [1.29, 1.82) is 0 Å². The third-order valence-corrected chi connectivity index (χ3v) is 4.86. The van der Waals surface area contributed by atoms with Crippen LogP contribution in [-0.4, -0.2) is 48.5 Å². The molecule has 0 saturated carbocycles. The fourth-order valence-corrected chi connectivity index (χ4v) is 3.35. The van der Waals surface area contributed by atoms with Crippen molar-refractivity contribution in [2.24, 2.45) is 0 Å². The van der Waals surface area contributed by atoms with E-state index in [0.717, 1.165) is 56.4 Å². The molecule has 0 bridgehead atoms. The Labute approximate surface area is 155 Å². The first kappa shape index (κ1) is 18.5. The van der Waals surface area contributed by atoms with Crippen LogP contribution >= 0.6 is 0 Å². The first-order chi connectivity index (χ1) is 12.6. The van der Waals surface area contributed by atoms with Crippen molar-refractivity contribution in [3.05, 3.63) is 53.0 Å². The van der Waals surface area contributed by atoms with E-state index in [9.17, 15) is 4.79 Å². The van der Waals surface area contributed by atoms with E-state index >= 15 is 0 Å². The number of aryl methyl sites for hydroxylation is 2. The first-order valence-corrected chi connectivity index (χ1v) is 9.37. The Hall–Kier alpha value is -2.27. The number of hydrogen-bond donors (Lipinski definition) is 0. The minimum atomic E-state index is 0.0816. The summed E-state index contributed by atoms with van der Waals surface area (Å²) in [5, 5.41) is 0. The first-order valence-electron chi connectivity index (χ1n) is 9.37. The molecule has 0 unspecified atom stereocenters. The second kappa shape index (κ2) is 8.41. The van der Waals surface area contributed by atoms with E-state index < -0.39 is 0 Å². The lowest BCUT2D eigenvalue weighted by Gasteiger charge is -2.21. The molecule has 2 heterocycles. The van der Waals surface area contributed by atoms with Crippen LogP contribution in [0, 0.1) is 13.8 Å². The highest BCUT2D eigenvalue weighted by molar-refractivity contribution is 5.94. The fraction of sp³-hybridized carbons (Fsp3) is 0.476. The van der Waals surface area contributed by atoms with Crippen LogP contribution in [0.5, 0.6) is 5.75 Å². The van der Waals surface area contributed by atoms with E-state index in [2.05, 4.69) is 17.9 Å². The fourth-order valence-electron chi connectivity index (χ4n) is 3.35. The summed E-state index contributed by atoms with van der Waals surface area (Å²) in [6.07, 6.45) is 0.968. The van der Waals surface area contributed by atoms with Crippen LogP contribution in [0.1, 0.15) is 40.8 Å². The molecule has 5 heteroatoms. The summed E-state index contributed by atoms with van der Waals surface area (Å²) in [5.41, 5.74) is 1.89. The normalized spacial score (nSPS) is 15.7. The van der Waals surface area contributed by atoms with Gasteiger partial charge in [0.25, 0.3) is 5.91 Å². The molecular weight excluding hydrogens is 328 g/mol. The Morgan fingerprint density at radius 3 is 2.73 bits per heavy atom. The molecule has 1 aromatic heterocycles. The van der Waals surface area contributed by atoms with Crippen LogP contribution in [0.2, 0.25) is 0 Å². The molecule has 1 saturated heterocycles. The van der Waals surface area contributed by atoms with Gasteiger partial charge in [-0.05, 0) is 57.0 Å². The molecule has 140 valence electrons. The number of rotatable bonds is 5. The van der Waals surface area contributed by atoms with Gasteiger partial charge >= 0.3 is 0 Å². The number of hydrogen-bond acceptors (Lipinski definition) is 4. The van der Waals surface area contributed by atoms with Crippen molar-refractivity contribution in [3.8, 4) is 5.75 Å². The van der Waals surface area contributed by atoms with Gasteiger partial charge in [0.1, 0.15) is 17.3 Å². The summed E-state index contributed by atoms with van der Waals surface area (Å²) in [6, 6.07) is 9.58. The smallest absolute Gasteiger partial charge is 0.254 e. The maximum atomic E-state index is 12.9. The third kappa shape index (κ3) is 4.47. The molecule has 0 N–H and O–H groups in total. The van der Waals surface area contributed by atoms with Crippen molar-refractivity contribution in [3.63, 3.8) is 0 Å². The van der Waals surface area contributed by atoms with Gasteiger partial charge in [-0.2, -0.15) is 0 Å². The van der Waals surface area contributed by atoms with Crippen molar-refractivity contribution in [2.45, 2.75) is 33.7 Å². The summed E-state index contributed by atoms with van der Waals surface area (Å²) < 4.78 is 11.3. The molecule has 1 fully saturated rings. The second-order valence-electron chi connectivity index (χ2n) is 6.83. The Balaban J connectivity index is 1.60. The zero-order chi connectivity index (χ0) is 18.5. The SMILES string of the molecule is CCOc1cccc(C(=O)N2CCCN(Cc3cc(C)c(C)o3)CC2)c1. The maximum absolute atomic E-state index is 12.9. The number of amides is 1. The molecule has 1 aliphatic rings. The summed E-state index contributed by atoms with van der Waals surface area (Å²) in [6.45, 7) is 10.8.